The zero-order valence-corrected chi connectivity index (χ0v) is 8.02. The van der Waals surface area contributed by atoms with Crippen LogP contribution in [0.15, 0.2) is 0 Å². The minimum Gasteiger partial charge on any atom is -0.389 e. The maximum absolute atomic E-state index is 9.93. The summed E-state index contributed by atoms with van der Waals surface area (Å²) in [5, 5.41) is 9.93. The van der Waals surface area contributed by atoms with Gasteiger partial charge in [-0.2, -0.15) is 0 Å². The van der Waals surface area contributed by atoms with E-state index in [1.165, 1.54) is 0 Å². The minimum atomic E-state index is -0.562. The summed E-state index contributed by atoms with van der Waals surface area (Å²) in [5.41, 5.74) is -0.589. The van der Waals surface area contributed by atoms with Crippen molar-refractivity contribution in [3.05, 3.63) is 0 Å². The highest BCUT2D eigenvalue weighted by Gasteiger charge is 2.37. The highest BCUT2D eigenvalue weighted by Crippen LogP contribution is 2.35. The Morgan fingerprint density at radius 1 is 1.00 bits per heavy atom. The average Bonchev–Trinajstić information content (AvgIpc) is 1.62. The molecule has 0 bridgehead atoms. The van der Waals surface area contributed by atoms with Gasteiger partial charge in [-0.25, -0.2) is 0 Å². The quantitative estimate of drug-likeness (QED) is 0.599. The molecule has 0 aliphatic heterocycles. The molecule has 0 amide bonds. The minimum absolute atomic E-state index is 0.0266. The number of rotatable bonds is 1. The molecular formula is C9H20O. The summed E-state index contributed by atoms with van der Waals surface area (Å²) >= 11 is 0. The van der Waals surface area contributed by atoms with Gasteiger partial charge in [0.2, 0.25) is 0 Å². The topological polar surface area (TPSA) is 20.2 Å². The summed E-state index contributed by atoms with van der Waals surface area (Å²) in [6.45, 7) is 12.2. The van der Waals surface area contributed by atoms with E-state index >= 15 is 0 Å². The Labute approximate surface area is 64.5 Å². The third kappa shape index (κ3) is 1.72. The fraction of sp³-hybridized carbons (Fsp3) is 1.00. The highest BCUT2D eigenvalue weighted by atomic mass is 16.3. The summed E-state index contributed by atoms with van der Waals surface area (Å²) in [5.74, 6) is 0.312. The number of aliphatic hydroxyl groups is 1. The molecule has 0 aromatic rings. The van der Waals surface area contributed by atoms with Crippen LogP contribution in [0, 0.1) is 11.3 Å². The van der Waals surface area contributed by atoms with Gasteiger partial charge in [-0.05, 0) is 18.3 Å². The van der Waals surface area contributed by atoms with Crippen molar-refractivity contribution in [1.82, 2.24) is 0 Å². The molecule has 0 saturated heterocycles. The third-order valence-corrected chi connectivity index (χ3v) is 2.64. The van der Waals surface area contributed by atoms with E-state index in [1.54, 1.807) is 0 Å². The van der Waals surface area contributed by atoms with Crippen LogP contribution in [0.2, 0.25) is 0 Å². The summed E-state index contributed by atoms with van der Waals surface area (Å²) in [6.07, 6.45) is 0. The molecule has 0 rings (SSSR count). The predicted octanol–water partition coefficient (Wildman–Crippen LogP) is 2.44. The SMILES string of the molecule is CC(C)[C@](C)(O)C(C)(C)C. The third-order valence-electron chi connectivity index (χ3n) is 2.64. The van der Waals surface area contributed by atoms with Crippen molar-refractivity contribution in [3.8, 4) is 0 Å². The van der Waals surface area contributed by atoms with E-state index in [4.69, 9.17) is 0 Å². The van der Waals surface area contributed by atoms with Gasteiger partial charge in [0.25, 0.3) is 0 Å². The highest BCUT2D eigenvalue weighted by molar-refractivity contribution is 4.88. The Morgan fingerprint density at radius 2 is 1.30 bits per heavy atom. The Morgan fingerprint density at radius 3 is 1.30 bits per heavy atom. The second kappa shape index (κ2) is 2.54. The summed E-state index contributed by atoms with van der Waals surface area (Å²) in [6, 6.07) is 0. The largest absolute Gasteiger partial charge is 0.389 e. The first-order chi connectivity index (χ1) is 4.19. The first-order valence-corrected chi connectivity index (χ1v) is 3.92. The molecule has 0 aliphatic rings. The van der Waals surface area contributed by atoms with Crippen molar-refractivity contribution in [3.63, 3.8) is 0 Å². The fourth-order valence-corrected chi connectivity index (χ4v) is 0.866. The van der Waals surface area contributed by atoms with E-state index in [0.717, 1.165) is 0 Å². The zero-order valence-electron chi connectivity index (χ0n) is 8.02. The molecule has 1 heteroatoms. The monoisotopic (exact) mass is 144 g/mol. The molecule has 0 unspecified atom stereocenters. The van der Waals surface area contributed by atoms with Gasteiger partial charge in [0, 0.05) is 0 Å². The van der Waals surface area contributed by atoms with Gasteiger partial charge in [-0.1, -0.05) is 34.6 Å². The van der Waals surface area contributed by atoms with Crippen LogP contribution >= 0.6 is 0 Å². The predicted molar refractivity (Wildman–Crippen MR) is 44.9 cm³/mol. The molecule has 0 saturated carbocycles. The molecule has 1 atom stereocenters. The van der Waals surface area contributed by atoms with Crippen molar-refractivity contribution in [2.45, 2.75) is 47.1 Å². The van der Waals surface area contributed by atoms with Crippen molar-refractivity contribution < 1.29 is 5.11 Å². The van der Waals surface area contributed by atoms with Gasteiger partial charge in [-0.15, -0.1) is 0 Å². The summed E-state index contributed by atoms with van der Waals surface area (Å²) in [7, 11) is 0. The average molecular weight is 144 g/mol. The molecule has 0 fully saturated rings. The van der Waals surface area contributed by atoms with Crippen LogP contribution in [-0.4, -0.2) is 10.7 Å². The first-order valence-electron chi connectivity index (χ1n) is 3.92. The number of hydrogen-bond acceptors (Lipinski definition) is 1. The fourth-order valence-electron chi connectivity index (χ4n) is 0.866. The zero-order chi connectivity index (χ0) is 8.58. The van der Waals surface area contributed by atoms with Crippen molar-refractivity contribution in [1.29, 1.82) is 0 Å². The summed E-state index contributed by atoms with van der Waals surface area (Å²) in [4.78, 5) is 0. The lowest BCUT2D eigenvalue weighted by molar-refractivity contribution is -0.0782. The smallest absolute Gasteiger partial charge is 0.0690 e. The van der Waals surface area contributed by atoms with Gasteiger partial charge in [0.05, 0.1) is 5.60 Å². The maximum Gasteiger partial charge on any atom is 0.0690 e. The lowest BCUT2D eigenvalue weighted by Gasteiger charge is -2.40. The van der Waals surface area contributed by atoms with Gasteiger partial charge in [0.1, 0.15) is 0 Å². The Bertz CT molecular complexity index is 106. The van der Waals surface area contributed by atoms with Crippen LogP contribution in [0.4, 0.5) is 0 Å². The molecule has 0 aromatic heterocycles. The molecular weight excluding hydrogens is 124 g/mol. The Kier molecular flexibility index (Phi) is 2.53. The summed E-state index contributed by atoms with van der Waals surface area (Å²) < 4.78 is 0. The van der Waals surface area contributed by atoms with E-state index in [0.29, 0.717) is 5.92 Å². The van der Waals surface area contributed by atoms with Gasteiger partial charge in [-0.3, -0.25) is 0 Å². The van der Waals surface area contributed by atoms with Crippen LogP contribution in [0.5, 0.6) is 0 Å². The van der Waals surface area contributed by atoms with Crippen molar-refractivity contribution in [2.75, 3.05) is 0 Å². The Balaban J connectivity index is 4.40. The van der Waals surface area contributed by atoms with Crippen molar-refractivity contribution >= 4 is 0 Å². The standard InChI is InChI=1S/C9H20O/c1-7(2)9(6,10)8(3,4)5/h7,10H,1-6H3/t9-/m0/s1. The van der Waals surface area contributed by atoms with Gasteiger partial charge in [0.15, 0.2) is 0 Å². The molecule has 1 N–H and O–H groups in total. The van der Waals surface area contributed by atoms with Gasteiger partial charge >= 0.3 is 0 Å². The van der Waals surface area contributed by atoms with Crippen LogP contribution in [-0.2, 0) is 0 Å². The molecule has 1 nitrogen and oxygen atoms in total. The van der Waals surface area contributed by atoms with Crippen LogP contribution in [0.3, 0.4) is 0 Å². The lowest BCUT2D eigenvalue weighted by Crippen LogP contribution is -2.44. The van der Waals surface area contributed by atoms with E-state index in [-0.39, 0.29) is 5.41 Å². The molecule has 0 aliphatic carbocycles. The second-order valence-electron chi connectivity index (χ2n) is 4.55. The Hall–Kier alpha value is -0.0400. The molecule has 0 spiro atoms. The first kappa shape index (κ1) is 9.96. The molecule has 10 heavy (non-hydrogen) atoms. The molecule has 0 heterocycles. The maximum atomic E-state index is 9.93. The van der Waals surface area contributed by atoms with E-state index in [2.05, 4.69) is 20.8 Å². The van der Waals surface area contributed by atoms with E-state index < -0.39 is 5.60 Å². The van der Waals surface area contributed by atoms with Crippen LogP contribution < -0.4 is 0 Å². The molecule has 62 valence electrons. The lowest BCUT2D eigenvalue weighted by atomic mass is 9.71. The van der Waals surface area contributed by atoms with Crippen LogP contribution in [0.1, 0.15) is 41.5 Å². The van der Waals surface area contributed by atoms with E-state index in [1.807, 2.05) is 20.8 Å². The number of hydrogen-bond donors (Lipinski definition) is 1. The normalized spacial score (nSPS) is 19.2. The van der Waals surface area contributed by atoms with Crippen molar-refractivity contribution in [2.24, 2.45) is 11.3 Å². The van der Waals surface area contributed by atoms with Crippen LogP contribution in [0.25, 0.3) is 0 Å². The second-order valence-corrected chi connectivity index (χ2v) is 4.55. The molecule has 0 aromatic carbocycles. The van der Waals surface area contributed by atoms with Gasteiger partial charge < -0.3 is 5.11 Å². The van der Waals surface area contributed by atoms with E-state index in [9.17, 15) is 5.11 Å². The molecule has 0 radical (unpaired) electrons.